The predicted molar refractivity (Wildman–Crippen MR) is 74.9 cm³/mol. The summed E-state index contributed by atoms with van der Waals surface area (Å²) in [5, 5.41) is 8.36. The SMILES string of the molecule is Cn1c(C2CC2)cccc1=O.O=C(O)c1ccncc1. The second kappa shape index (κ2) is 6.14. The maximum atomic E-state index is 11.1. The molecule has 20 heavy (non-hydrogen) atoms. The van der Waals surface area contributed by atoms with E-state index >= 15 is 0 Å². The Balaban J connectivity index is 0.000000151. The van der Waals surface area contributed by atoms with Gasteiger partial charge >= 0.3 is 5.97 Å². The van der Waals surface area contributed by atoms with Gasteiger partial charge in [0.1, 0.15) is 0 Å². The third-order valence-corrected chi connectivity index (χ3v) is 3.15. The van der Waals surface area contributed by atoms with E-state index < -0.39 is 5.97 Å². The van der Waals surface area contributed by atoms with Gasteiger partial charge in [0.25, 0.3) is 0 Å². The first-order valence-electron chi connectivity index (χ1n) is 6.39. The largest absolute Gasteiger partial charge is 0.478 e. The zero-order valence-electron chi connectivity index (χ0n) is 11.2. The van der Waals surface area contributed by atoms with Crippen molar-refractivity contribution in [2.45, 2.75) is 18.8 Å². The van der Waals surface area contributed by atoms with E-state index in [1.165, 1.54) is 43.1 Å². The van der Waals surface area contributed by atoms with Crippen LogP contribution in [0.4, 0.5) is 0 Å². The normalized spacial score (nSPS) is 13.2. The number of carbonyl (C=O) groups is 1. The van der Waals surface area contributed by atoms with Crippen molar-refractivity contribution in [1.82, 2.24) is 9.55 Å². The first-order valence-corrected chi connectivity index (χ1v) is 6.39. The molecule has 1 aliphatic rings. The molecule has 0 unspecified atom stereocenters. The summed E-state index contributed by atoms with van der Waals surface area (Å²) in [7, 11) is 1.84. The van der Waals surface area contributed by atoms with E-state index in [4.69, 9.17) is 5.11 Å². The van der Waals surface area contributed by atoms with Gasteiger partial charge in [-0.2, -0.15) is 0 Å². The Bertz CT molecular complexity index is 646. The Hall–Kier alpha value is -2.43. The molecule has 0 amide bonds. The second-order valence-electron chi connectivity index (χ2n) is 4.66. The lowest BCUT2D eigenvalue weighted by Gasteiger charge is -2.03. The van der Waals surface area contributed by atoms with Crippen molar-refractivity contribution in [1.29, 1.82) is 0 Å². The lowest BCUT2D eigenvalue weighted by atomic mass is 10.2. The van der Waals surface area contributed by atoms with Crippen LogP contribution in [0, 0.1) is 0 Å². The Morgan fingerprint density at radius 3 is 2.40 bits per heavy atom. The molecule has 1 N–H and O–H groups in total. The van der Waals surface area contributed by atoms with Gasteiger partial charge in [0.15, 0.2) is 0 Å². The molecule has 1 fully saturated rings. The minimum atomic E-state index is -0.919. The van der Waals surface area contributed by atoms with Gasteiger partial charge in [0.05, 0.1) is 5.56 Å². The summed E-state index contributed by atoms with van der Waals surface area (Å²) in [6.45, 7) is 0. The van der Waals surface area contributed by atoms with Gasteiger partial charge < -0.3 is 9.67 Å². The molecule has 0 atom stereocenters. The Labute approximate surface area is 116 Å². The Morgan fingerprint density at radius 2 is 1.90 bits per heavy atom. The maximum Gasteiger partial charge on any atom is 0.335 e. The van der Waals surface area contributed by atoms with Gasteiger partial charge in [0.2, 0.25) is 5.56 Å². The van der Waals surface area contributed by atoms with E-state index in [0.717, 1.165) is 0 Å². The van der Waals surface area contributed by atoms with Gasteiger partial charge in [-0.15, -0.1) is 0 Å². The molecular formula is C15H16N2O3. The van der Waals surface area contributed by atoms with Crippen molar-refractivity contribution >= 4 is 5.97 Å². The fourth-order valence-electron chi connectivity index (χ4n) is 1.86. The van der Waals surface area contributed by atoms with Crippen LogP contribution in [0.1, 0.15) is 34.8 Å². The van der Waals surface area contributed by atoms with Gasteiger partial charge in [-0.25, -0.2) is 4.79 Å². The van der Waals surface area contributed by atoms with E-state index in [2.05, 4.69) is 4.98 Å². The summed E-state index contributed by atoms with van der Waals surface area (Å²) in [6, 6.07) is 8.38. The zero-order valence-corrected chi connectivity index (χ0v) is 11.2. The Morgan fingerprint density at radius 1 is 1.25 bits per heavy atom. The number of aromatic carboxylic acids is 1. The molecule has 1 saturated carbocycles. The highest BCUT2D eigenvalue weighted by Gasteiger charge is 2.25. The summed E-state index contributed by atoms with van der Waals surface area (Å²) in [6.07, 6.45) is 5.39. The average molecular weight is 272 g/mol. The minimum Gasteiger partial charge on any atom is -0.478 e. The van der Waals surface area contributed by atoms with E-state index in [1.807, 2.05) is 19.2 Å². The molecule has 5 heteroatoms. The summed E-state index contributed by atoms with van der Waals surface area (Å²) < 4.78 is 1.75. The highest BCUT2D eigenvalue weighted by atomic mass is 16.4. The lowest BCUT2D eigenvalue weighted by molar-refractivity contribution is 0.0696. The molecule has 0 spiro atoms. The summed E-state index contributed by atoms with van der Waals surface area (Å²) in [5.74, 6) is -0.258. The van der Waals surface area contributed by atoms with Crippen molar-refractivity contribution in [2.75, 3.05) is 0 Å². The molecule has 0 bridgehead atoms. The zero-order chi connectivity index (χ0) is 14.5. The molecule has 0 saturated heterocycles. The third kappa shape index (κ3) is 3.54. The molecule has 0 aromatic carbocycles. The lowest BCUT2D eigenvalue weighted by Crippen LogP contribution is -2.17. The molecule has 3 rings (SSSR count). The van der Waals surface area contributed by atoms with Crippen LogP contribution >= 0.6 is 0 Å². The number of carboxylic acid groups (broad SMARTS) is 1. The van der Waals surface area contributed by atoms with Crippen molar-refractivity contribution in [3.63, 3.8) is 0 Å². The Kier molecular flexibility index (Phi) is 4.30. The summed E-state index contributed by atoms with van der Waals surface area (Å²) in [5.41, 5.74) is 1.57. The third-order valence-electron chi connectivity index (χ3n) is 3.15. The maximum absolute atomic E-state index is 11.1. The van der Waals surface area contributed by atoms with Crippen molar-refractivity contribution < 1.29 is 9.90 Å². The number of rotatable bonds is 2. The number of hydrogen-bond acceptors (Lipinski definition) is 3. The summed E-state index contributed by atoms with van der Waals surface area (Å²) >= 11 is 0. The van der Waals surface area contributed by atoms with Gasteiger partial charge in [-0.1, -0.05) is 6.07 Å². The van der Waals surface area contributed by atoms with Gasteiger partial charge in [-0.3, -0.25) is 9.78 Å². The van der Waals surface area contributed by atoms with Gasteiger partial charge in [0, 0.05) is 31.2 Å². The standard InChI is InChI=1S/C9H11NO.C6H5NO2/c1-10-8(7-5-6-7)3-2-4-9(10)11;8-6(9)5-1-3-7-4-2-5/h2-4,7H,5-6H2,1H3;1-4H,(H,8,9). The van der Waals surface area contributed by atoms with Crippen LogP contribution in [0.2, 0.25) is 0 Å². The fourth-order valence-corrected chi connectivity index (χ4v) is 1.86. The molecule has 0 aliphatic heterocycles. The first-order chi connectivity index (χ1) is 9.59. The molecule has 5 nitrogen and oxygen atoms in total. The topological polar surface area (TPSA) is 72.2 Å². The average Bonchev–Trinajstić information content (AvgIpc) is 3.28. The van der Waals surface area contributed by atoms with Crippen molar-refractivity contribution in [3.8, 4) is 0 Å². The highest BCUT2D eigenvalue weighted by Crippen LogP contribution is 2.38. The smallest absolute Gasteiger partial charge is 0.335 e. The van der Waals surface area contributed by atoms with Crippen LogP contribution in [-0.4, -0.2) is 20.6 Å². The summed E-state index contributed by atoms with van der Waals surface area (Å²) in [4.78, 5) is 25.0. The van der Waals surface area contributed by atoms with Crippen LogP contribution in [0.5, 0.6) is 0 Å². The van der Waals surface area contributed by atoms with E-state index in [9.17, 15) is 9.59 Å². The van der Waals surface area contributed by atoms with Gasteiger partial charge in [-0.05, 0) is 37.0 Å². The molecule has 2 aromatic heterocycles. The number of carboxylic acids is 1. The second-order valence-corrected chi connectivity index (χ2v) is 4.66. The quantitative estimate of drug-likeness (QED) is 0.908. The van der Waals surface area contributed by atoms with E-state index in [0.29, 0.717) is 5.92 Å². The first kappa shape index (κ1) is 14.0. The molecule has 104 valence electrons. The van der Waals surface area contributed by atoms with Crippen LogP contribution in [0.3, 0.4) is 0 Å². The predicted octanol–water partition coefficient (Wildman–Crippen LogP) is 2.04. The van der Waals surface area contributed by atoms with Crippen LogP contribution in [-0.2, 0) is 7.05 Å². The number of aromatic nitrogens is 2. The minimum absolute atomic E-state index is 0.106. The monoisotopic (exact) mass is 272 g/mol. The fraction of sp³-hybridized carbons (Fsp3) is 0.267. The van der Waals surface area contributed by atoms with Crippen LogP contribution in [0.15, 0.2) is 47.5 Å². The van der Waals surface area contributed by atoms with E-state index in [-0.39, 0.29) is 11.1 Å². The molecule has 0 radical (unpaired) electrons. The highest BCUT2D eigenvalue weighted by molar-refractivity contribution is 5.87. The van der Waals surface area contributed by atoms with Crippen molar-refractivity contribution in [3.05, 3.63) is 64.3 Å². The number of pyridine rings is 2. The van der Waals surface area contributed by atoms with E-state index in [1.54, 1.807) is 10.6 Å². The molecule has 2 aromatic rings. The van der Waals surface area contributed by atoms with Crippen LogP contribution < -0.4 is 5.56 Å². The van der Waals surface area contributed by atoms with Crippen LogP contribution in [0.25, 0.3) is 0 Å². The molecule has 2 heterocycles. The van der Waals surface area contributed by atoms with Crippen molar-refractivity contribution in [2.24, 2.45) is 7.05 Å². The molecule has 1 aliphatic carbocycles. The number of nitrogens with zero attached hydrogens (tertiary/aromatic N) is 2. The molecular weight excluding hydrogens is 256 g/mol. The number of hydrogen-bond donors (Lipinski definition) is 1.